The van der Waals surface area contributed by atoms with Crippen LogP contribution in [0.1, 0.15) is 6.92 Å². The van der Waals surface area contributed by atoms with E-state index in [0.29, 0.717) is 11.6 Å². The van der Waals surface area contributed by atoms with Gasteiger partial charge in [0.25, 0.3) is 0 Å². The van der Waals surface area contributed by atoms with Crippen molar-refractivity contribution in [2.45, 2.75) is 6.92 Å². The highest BCUT2D eigenvalue weighted by molar-refractivity contribution is 7.13. The molecule has 0 saturated carbocycles. The van der Waals surface area contributed by atoms with E-state index in [2.05, 4.69) is 9.39 Å². The zero-order valence-corrected chi connectivity index (χ0v) is 6.90. The van der Waals surface area contributed by atoms with Crippen molar-refractivity contribution in [1.29, 1.82) is 0 Å². The molecule has 0 bridgehead atoms. The standard InChI is InChI=1S/C6H10NO2P/c1-4-2-5(6(8)9)7(10)3-4/h2,4H,3,10H2,1H3,(H,8,9)/t4-/m0/s1. The van der Waals surface area contributed by atoms with Crippen molar-refractivity contribution in [2.24, 2.45) is 5.92 Å². The molecule has 0 aromatic rings. The molecule has 3 nitrogen and oxygen atoms in total. The van der Waals surface area contributed by atoms with Gasteiger partial charge in [-0.2, -0.15) is 0 Å². The van der Waals surface area contributed by atoms with E-state index in [0.717, 1.165) is 6.54 Å². The first-order valence-electron chi connectivity index (χ1n) is 3.08. The van der Waals surface area contributed by atoms with Crippen molar-refractivity contribution in [2.75, 3.05) is 6.54 Å². The normalized spacial score (nSPS) is 24.8. The van der Waals surface area contributed by atoms with E-state index in [1.807, 2.05) is 6.92 Å². The first kappa shape index (κ1) is 7.55. The summed E-state index contributed by atoms with van der Waals surface area (Å²) in [6.45, 7) is 2.78. The van der Waals surface area contributed by atoms with Gasteiger partial charge in [0.1, 0.15) is 5.70 Å². The lowest BCUT2D eigenvalue weighted by atomic mass is 10.2. The smallest absolute Gasteiger partial charge is 0.352 e. The van der Waals surface area contributed by atoms with Gasteiger partial charge in [0.15, 0.2) is 0 Å². The highest BCUT2D eigenvalue weighted by atomic mass is 31.0. The molecule has 1 heterocycles. The predicted octanol–water partition coefficient (Wildman–Crippen LogP) is 0.697. The van der Waals surface area contributed by atoms with E-state index in [1.165, 1.54) is 0 Å². The van der Waals surface area contributed by atoms with Gasteiger partial charge in [-0.15, -0.1) is 0 Å². The van der Waals surface area contributed by atoms with E-state index < -0.39 is 5.97 Å². The quantitative estimate of drug-likeness (QED) is 0.572. The highest BCUT2D eigenvalue weighted by Crippen LogP contribution is 2.22. The van der Waals surface area contributed by atoms with Crippen LogP contribution >= 0.6 is 9.39 Å². The number of nitrogens with zero attached hydrogens (tertiary/aromatic N) is 1. The van der Waals surface area contributed by atoms with Crippen LogP contribution in [0.3, 0.4) is 0 Å². The molecule has 0 aromatic carbocycles. The Morgan fingerprint density at radius 3 is 2.80 bits per heavy atom. The van der Waals surface area contributed by atoms with Crippen LogP contribution < -0.4 is 0 Å². The van der Waals surface area contributed by atoms with Crippen molar-refractivity contribution in [3.63, 3.8) is 0 Å². The maximum absolute atomic E-state index is 10.4. The second-order valence-corrected chi connectivity index (χ2v) is 3.11. The molecule has 1 aliphatic heterocycles. The van der Waals surface area contributed by atoms with Crippen molar-refractivity contribution < 1.29 is 9.90 Å². The molecule has 1 unspecified atom stereocenters. The molecular formula is C6H10NO2P. The Kier molecular flexibility index (Phi) is 1.95. The molecule has 10 heavy (non-hydrogen) atoms. The van der Waals surface area contributed by atoms with E-state index >= 15 is 0 Å². The van der Waals surface area contributed by atoms with Gasteiger partial charge in [0.05, 0.1) is 0 Å². The number of rotatable bonds is 1. The lowest BCUT2D eigenvalue weighted by Gasteiger charge is -2.11. The largest absolute Gasteiger partial charge is 0.477 e. The van der Waals surface area contributed by atoms with Gasteiger partial charge < -0.3 is 9.78 Å². The number of aliphatic carboxylic acids is 1. The number of hydrogen-bond donors (Lipinski definition) is 1. The fourth-order valence-electron chi connectivity index (χ4n) is 1.02. The molecule has 1 N–H and O–H groups in total. The summed E-state index contributed by atoms with van der Waals surface area (Å²) in [5.41, 5.74) is 0.387. The molecule has 4 heteroatoms. The van der Waals surface area contributed by atoms with E-state index in [4.69, 9.17) is 5.11 Å². The lowest BCUT2D eigenvalue weighted by molar-refractivity contribution is -0.133. The minimum atomic E-state index is -0.848. The van der Waals surface area contributed by atoms with E-state index in [-0.39, 0.29) is 0 Å². The Labute approximate surface area is 62.0 Å². The monoisotopic (exact) mass is 159 g/mol. The van der Waals surface area contributed by atoms with Gasteiger partial charge in [0.2, 0.25) is 0 Å². The number of hydrogen-bond acceptors (Lipinski definition) is 2. The summed E-state index contributed by atoms with van der Waals surface area (Å²) < 4.78 is 1.67. The third-order valence-corrected chi connectivity index (χ3v) is 1.94. The molecule has 0 radical (unpaired) electrons. The van der Waals surface area contributed by atoms with Crippen LogP contribution in [0.5, 0.6) is 0 Å². The van der Waals surface area contributed by atoms with Crippen molar-refractivity contribution in [3.8, 4) is 0 Å². The third kappa shape index (κ3) is 1.29. The zero-order chi connectivity index (χ0) is 7.72. The molecule has 0 fully saturated rings. The Hall–Kier alpha value is -0.560. The van der Waals surface area contributed by atoms with Gasteiger partial charge in [-0.3, -0.25) is 0 Å². The predicted molar refractivity (Wildman–Crippen MR) is 41.3 cm³/mol. The number of carbonyl (C=O) groups is 1. The molecule has 0 aromatic heterocycles. The average molecular weight is 159 g/mol. The van der Waals surface area contributed by atoms with Gasteiger partial charge in [0, 0.05) is 6.54 Å². The van der Waals surface area contributed by atoms with Crippen molar-refractivity contribution >= 4 is 15.4 Å². The zero-order valence-electron chi connectivity index (χ0n) is 5.74. The van der Waals surface area contributed by atoms with Crippen LogP contribution in [0.4, 0.5) is 0 Å². The van der Waals surface area contributed by atoms with Crippen LogP contribution in [-0.2, 0) is 4.79 Å². The first-order valence-corrected chi connectivity index (χ1v) is 3.60. The molecule has 0 aliphatic carbocycles. The third-order valence-electron chi connectivity index (χ3n) is 1.46. The van der Waals surface area contributed by atoms with Gasteiger partial charge in [-0.1, -0.05) is 6.92 Å². The summed E-state index contributed by atoms with van der Waals surface area (Å²) in [6.07, 6.45) is 1.76. The molecular weight excluding hydrogens is 149 g/mol. The Balaban J connectivity index is 2.75. The van der Waals surface area contributed by atoms with Crippen molar-refractivity contribution in [3.05, 3.63) is 11.8 Å². The second kappa shape index (κ2) is 2.59. The number of carboxylic acids is 1. The topological polar surface area (TPSA) is 40.5 Å². The summed E-state index contributed by atoms with van der Waals surface area (Å²) in [5, 5.41) is 8.58. The van der Waals surface area contributed by atoms with Gasteiger partial charge in [-0.25, -0.2) is 4.79 Å². The molecule has 0 spiro atoms. The fourth-order valence-corrected chi connectivity index (χ4v) is 1.55. The summed E-state index contributed by atoms with van der Waals surface area (Å²) in [7, 11) is 2.39. The van der Waals surface area contributed by atoms with E-state index in [1.54, 1.807) is 10.7 Å². The summed E-state index contributed by atoms with van der Waals surface area (Å²) in [6, 6.07) is 0. The minimum Gasteiger partial charge on any atom is -0.477 e. The Morgan fingerprint density at radius 2 is 2.60 bits per heavy atom. The average Bonchev–Trinajstić information content (AvgIpc) is 2.10. The Morgan fingerprint density at radius 1 is 2.00 bits per heavy atom. The molecule has 2 atom stereocenters. The molecule has 1 rings (SSSR count). The van der Waals surface area contributed by atoms with Gasteiger partial charge in [-0.05, 0) is 21.4 Å². The van der Waals surface area contributed by atoms with Crippen molar-refractivity contribution in [1.82, 2.24) is 4.67 Å². The van der Waals surface area contributed by atoms with Crippen LogP contribution in [-0.4, -0.2) is 22.3 Å². The molecule has 1 aliphatic rings. The summed E-state index contributed by atoms with van der Waals surface area (Å²) >= 11 is 0. The van der Waals surface area contributed by atoms with Crippen LogP contribution in [0.15, 0.2) is 11.8 Å². The minimum absolute atomic E-state index is 0.351. The fraction of sp³-hybridized carbons (Fsp3) is 0.500. The molecule has 0 saturated heterocycles. The summed E-state index contributed by atoms with van der Waals surface area (Å²) in [4.78, 5) is 10.4. The number of carboxylic acid groups (broad SMARTS) is 1. The Bertz CT molecular complexity index is 190. The first-order chi connectivity index (χ1) is 4.61. The lowest BCUT2D eigenvalue weighted by Crippen LogP contribution is -2.14. The molecule has 0 amide bonds. The maximum atomic E-state index is 10.4. The van der Waals surface area contributed by atoms with Gasteiger partial charge >= 0.3 is 5.97 Å². The SMILES string of the molecule is C[C@H]1C=C(C(=O)O)N(P)C1. The maximum Gasteiger partial charge on any atom is 0.352 e. The second-order valence-electron chi connectivity index (χ2n) is 2.49. The molecule has 56 valence electrons. The highest BCUT2D eigenvalue weighted by Gasteiger charge is 2.21. The van der Waals surface area contributed by atoms with Crippen LogP contribution in [0, 0.1) is 5.92 Å². The van der Waals surface area contributed by atoms with Crippen LogP contribution in [0.2, 0.25) is 0 Å². The summed E-state index contributed by atoms with van der Waals surface area (Å²) in [5.74, 6) is -0.497. The van der Waals surface area contributed by atoms with Crippen LogP contribution in [0.25, 0.3) is 0 Å². The van der Waals surface area contributed by atoms with E-state index in [9.17, 15) is 4.79 Å².